The molecule has 0 aliphatic carbocycles. The average molecular weight is 312 g/mol. The van der Waals surface area contributed by atoms with E-state index in [0.29, 0.717) is 26.1 Å². The van der Waals surface area contributed by atoms with E-state index in [1.807, 2.05) is 0 Å². The third-order valence-electron chi connectivity index (χ3n) is 3.74. The molecule has 0 aromatic rings. The van der Waals surface area contributed by atoms with Crippen molar-refractivity contribution in [3.8, 4) is 0 Å². The van der Waals surface area contributed by atoms with Crippen LogP contribution in [0.2, 0.25) is 0 Å². The Bertz CT molecular complexity index is 350. The molecular formula is C16H24O6. The predicted octanol–water partition coefficient (Wildman–Crippen LogP) is 2.32. The van der Waals surface area contributed by atoms with Gasteiger partial charge in [0.15, 0.2) is 5.92 Å². The summed E-state index contributed by atoms with van der Waals surface area (Å²) in [6.45, 7) is 4.73. The monoisotopic (exact) mass is 312 g/mol. The van der Waals surface area contributed by atoms with E-state index in [2.05, 4.69) is 6.58 Å². The summed E-state index contributed by atoms with van der Waals surface area (Å²) in [5.74, 6) is -2.24. The molecule has 22 heavy (non-hydrogen) atoms. The van der Waals surface area contributed by atoms with E-state index in [1.54, 1.807) is 0 Å². The molecule has 0 amide bonds. The lowest BCUT2D eigenvalue weighted by Gasteiger charge is -2.26. The second kappa shape index (κ2) is 8.90. The van der Waals surface area contributed by atoms with Crippen molar-refractivity contribution in [2.24, 2.45) is 5.92 Å². The first kappa shape index (κ1) is 17.0. The molecule has 0 aromatic carbocycles. The average Bonchev–Trinajstić information content (AvgIpc) is 2.54. The lowest BCUT2D eigenvalue weighted by Crippen LogP contribution is -2.35. The van der Waals surface area contributed by atoms with E-state index in [9.17, 15) is 9.59 Å². The minimum atomic E-state index is -1.01. The third kappa shape index (κ3) is 5.10. The van der Waals surface area contributed by atoms with Gasteiger partial charge in [-0.2, -0.15) is 0 Å². The summed E-state index contributed by atoms with van der Waals surface area (Å²) in [6.07, 6.45) is 5.71. The quantitative estimate of drug-likeness (QED) is 0.426. The summed E-state index contributed by atoms with van der Waals surface area (Å²) in [6, 6.07) is 0. The zero-order valence-electron chi connectivity index (χ0n) is 12.8. The smallest absolute Gasteiger partial charge is 0.322 e. The largest absolute Gasteiger partial charge is 0.435 e. The molecule has 2 aliphatic heterocycles. The third-order valence-corrected chi connectivity index (χ3v) is 3.74. The van der Waals surface area contributed by atoms with Crippen molar-refractivity contribution in [1.82, 2.24) is 0 Å². The highest BCUT2D eigenvalue weighted by molar-refractivity contribution is 5.95. The Morgan fingerprint density at radius 1 is 1.00 bits per heavy atom. The Hall–Kier alpha value is -1.40. The summed E-state index contributed by atoms with van der Waals surface area (Å²) in [5.41, 5.74) is 0. The SMILES string of the molecule is C=CCC(C(=O)OC1CCCCO1)C(=O)OC1CCCCO1. The van der Waals surface area contributed by atoms with Gasteiger partial charge in [0.25, 0.3) is 0 Å². The number of allylic oxidation sites excluding steroid dienone is 1. The van der Waals surface area contributed by atoms with Crippen molar-refractivity contribution in [1.29, 1.82) is 0 Å². The van der Waals surface area contributed by atoms with Gasteiger partial charge in [0, 0.05) is 12.8 Å². The molecule has 2 unspecified atom stereocenters. The van der Waals surface area contributed by atoms with Crippen molar-refractivity contribution in [2.75, 3.05) is 13.2 Å². The molecule has 2 atom stereocenters. The van der Waals surface area contributed by atoms with E-state index in [0.717, 1.165) is 25.7 Å². The van der Waals surface area contributed by atoms with Gasteiger partial charge in [-0.25, -0.2) is 0 Å². The number of carbonyl (C=O) groups excluding carboxylic acids is 2. The van der Waals surface area contributed by atoms with Gasteiger partial charge in [-0.1, -0.05) is 6.08 Å². The molecular weight excluding hydrogens is 288 g/mol. The molecule has 0 spiro atoms. The number of rotatable bonds is 6. The van der Waals surface area contributed by atoms with E-state index >= 15 is 0 Å². The van der Waals surface area contributed by atoms with Crippen LogP contribution in [0.5, 0.6) is 0 Å². The van der Waals surface area contributed by atoms with Crippen LogP contribution in [0, 0.1) is 5.92 Å². The maximum Gasteiger partial charge on any atom is 0.322 e. The molecule has 0 aromatic heterocycles. The predicted molar refractivity (Wildman–Crippen MR) is 77.7 cm³/mol. The standard InChI is InChI=1S/C16H24O6/c1-2-7-12(15(17)21-13-8-3-5-10-19-13)16(18)22-14-9-4-6-11-20-14/h2,12-14H,1,3-11H2. The van der Waals surface area contributed by atoms with E-state index in [-0.39, 0.29) is 6.42 Å². The summed E-state index contributed by atoms with van der Waals surface area (Å²) >= 11 is 0. The molecule has 124 valence electrons. The summed E-state index contributed by atoms with van der Waals surface area (Å²) in [4.78, 5) is 24.4. The zero-order chi connectivity index (χ0) is 15.8. The van der Waals surface area contributed by atoms with Gasteiger partial charge < -0.3 is 18.9 Å². The number of hydrogen-bond acceptors (Lipinski definition) is 6. The summed E-state index contributed by atoms with van der Waals surface area (Å²) < 4.78 is 21.3. The first-order chi connectivity index (χ1) is 10.7. The van der Waals surface area contributed by atoms with Gasteiger partial charge in [0.1, 0.15) is 0 Å². The topological polar surface area (TPSA) is 71.1 Å². The fourth-order valence-corrected chi connectivity index (χ4v) is 2.49. The maximum atomic E-state index is 12.2. The van der Waals surface area contributed by atoms with E-state index < -0.39 is 30.4 Å². The van der Waals surface area contributed by atoms with Crippen LogP contribution >= 0.6 is 0 Å². The van der Waals surface area contributed by atoms with Crippen LogP contribution in [0.3, 0.4) is 0 Å². The van der Waals surface area contributed by atoms with Gasteiger partial charge in [-0.15, -0.1) is 6.58 Å². The fourth-order valence-electron chi connectivity index (χ4n) is 2.49. The van der Waals surface area contributed by atoms with Crippen molar-refractivity contribution in [3.05, 3.63) is 12.7 Å². The molecule has 0 radical (unpaired) electrons. The van der Waals surface area contributed by atoms with Crippen molar-refractivity contribution >= 4 is 11.9 Å². The molecule has 2 heterocycles. The highest BCUT2D eigenvalue weighted by Crippen LogP contribution is 2.20. The summed E-state index contributed by atoms with van der Waals surface area (Å²) in [7, 11) is 0. The first-order valence-corrected chi connectivity index (χ1v) is 7.96. The van der Waals surface area contributed by atoms with E-state index in [4.69, 9.17) is 18.9 Å². The Morgan fingerprint density at radius 3 is 1.86 bits per heavy atom. The van der Waals surface area contributed by atoms with Crippen LogP contribution in [0.4, 0.5) is 0 Å². The number of carbonyl (C=O) groups is 2. The van der Waals surface area contributed by atoms with Crippen LogP contribution in [-0.4, -0.2) is 37.7 Å². The van der Waals surface area contributed by atoms with Crippen LogP contribution in [0.25, 0.3) is 0 Å². The highest BCUT2D eigenvalue weighted by Gasteiger charge is 2.33. The van der Waals surface area contributed by atoms with Crippen molar-refractivity contribution < 1.29 is 28.5 Å². The second-order valence-electron chi connectivity index (χ2n) is 5.54. The lowest BCUT2D eigenvalue weighted by atomic mass is 10.1. The normalized spacial score (nSPS) is 26.7. The van der Waals surface area contributed by atoms with Crippen LogP contribution in [0.1, 0.15) is 44.9 Å². The van der Waals surface area contributed by atoms with Gasteiger partial charge >= 0.3 is 11.9 Å². The van der Waals surface area contributed by atoms with Crippen LogP contribution in [0.15, 0.2) is 12.7 Å². The Morgan fingerprint density at radius 2 is 1.50 bits per heavy atom. The molecule has 0 N–H and O–H groups in total. The molecule has 6 heteroatoms. The second-order valence-corrected chi connectivity index (χ2v) is 5.54. The summed E-state index contributed by atoms with van der Waals surface area (Å²) in [5, 5.41) is 0. The van der Waals surface area contributed by atoms with E-state index in [1.165, 1.54) is 6.08 Å². The Kier molecular flexibility index (Phi) is 6.86. The van der Waals surface area contributed by atoms with Gasteiger partial charge in [0.2, 0.25) is 12.6 Å². The highest BCUT2D eigenvalue weighted by atomic mass is 16.7. The molecule has 6 nitrogen and oxygen atoms in total. The Labute approximate surface area is 130 Å². The molecule has 2 fully saturated rings. The van der Waals surface area contributed by atoms with Crippen LogP contribution < -0.4 is 0 Å². The molecule has 2 rings (SSSR count). The fraction of sp³-hybridized carbons (Fsp3) is 0.750. The Balaban J connectivity index is 1.87. The number of ether oxygens (including phenoxy) is 4. The number of hydrogen-bond donors (Lipinski definition) is 0. The van der Waals surface area contributed by atoms with Gasteiger partial charge in [-0.05, 0) is 32.1 Å². The molecule has 0 bridgehead atoms. The first-order valence-electron chi connectivity index (χ1n) is 7.96. The van der Waals surface area contributed by atoms with Crippen LogP contribution in [-0.2, 0) is 28.5 Å². The molecule has 2 aliphatic rings. The molecule has 0 saturated carbocycles. The molecule has 2 saturated heterocycles. The lowest BCUT2D eigenvalue weighted by molar-refractivity contribution is -0.203. The number of esters is 2. The van der Waals surface area contributed by atoms with Gasteiger partial charge in [0.05, 0.1) is 13.2 Å². The maximum absolute atomic E-state index is 12.2. The van der Waals surface area contributed by atoms with Gasteiger partial charge in [-0.3, -0.25) is 9.59 Å². The minimum Gasteiger partial charge on any atom is -0.435 e. The van der Waals surface area contributed by atoms with Crippen molar-refractivity contribution in [2.45, 2.75) is 57.5 Å². The van der Waals surface area contributed by atoms with Crippen molar-refractivity contribution in [3.63, 3.8) is 0 Å². The minimum absolute atomic E-state index is 0.178. The zero-order valence-corrected chi connectivity index (χ0v) is 12.8.